The Hall–Kier alpha value is -3.91. The Morgan fingerprint density at radius 3 is 2.47 bits per heavy atom. The van der Waals surface area contributed by atoms with E-state index in [-0.39, 0.29) is 18.2 Å². The standard InChI is InChI=1S/C27H25N3O2/c28-19-22-13-11-20(12-14-22)15-16-26(32)30-17-5-9-23-8-4-10-24(27(23)30)29-25(31)18-21-6-2-1-3-7-21/h1-4,6-8,10-14H,5,9,15-18H2,(H,29,31). The molecule has 0 bridgehead atoms. The Labute approximate surface area is 188 Å². The number of nitriles is 1. The molecule has 0 spiro atoms. The zero-order valence-corrected chi connectivity index (χ0v) is 17.9. The summed E-state index contributed by atoms with van der Waals surface area (Å²) >= 11 is 0. The number of anilines is 2. The van der Waals surface area contributed by atoms with E-state index in [1.54, 1.807) is 12.1 Å². The topological polar surface area (TPSA) is 73.2 Å². The Kier molecular flexibility index (Phi) is 6.62. The van der Waals surface area contributed by atoms with Gasteiger partial charge in [0.2, 0.25) is 11.8 Å². The van der Waals surface area contributed by atoms with Crippen molar-refractivity contribution >= 4 is 23.2 Å². The van der Waals surface area contributed by atoms with Crippen molar-refractivity contribution in [3.63, 3.8) is 0 Å². The van der Waals surface area contributed by atoms with Gasteiger partial charge in [0.05, 0.1) is 29.4 Å². The van der Waals surface area contributed by atoms with Gasteiger partial charge in [0.15, 0.2) is 0 Å². The molecule has 0 saturated heterocycles. The van der Waals surface area contributed by atoms with Crippen molar-refractivity contribution in [2.75, 3.05) is 16.8 Å². The summed E-state index contributed by atoms with van der Waals surface area (Å²) in [6.07, 6.45) is 3.06. The number of benzene rings is 3. The molecule has 1 aliphatic rings. The largest absolute Gasteiger partial charge is 0.324 e. The van der Waals surface area contributed by atoms with E-state index in [9.17, 15) is 9.59 Å². The van der Waals surface area contributed by atoms with Gasteiger partial charge < -0.3 is 10.2 Å². The molecule has 0 aliphatic carbocycles. The highest BCUT2D eigenvalue weighted by Crippen LogP contribution is 2.35. The van der Waals surface area contributed by atoms with Gasteiger partial charge in [-0.3, -0.25) is 9.59 Å². The molecule has 3 aromatic rings. The summed E-state index contributed by atoms with van der Waals surface area (Å²) < 4.78 is 0. The van der Waals surface area contributed by atoms with Crippen molar-refractivity contribution in [2.45, 2.75) is 32.1 Å². The molecule has 5 heteroatoms. The van der Waals surface area contributed by atoms with Crippen molar-refractivity contribution < 1.29 is 9.59 Å². The highest BCUT2D eigenvalue weighted by atomic mass is 16.2. The van der Waals surface area contributed by atoms with Crippen LogP contribution in [0.2, 0.25) is 0 Å². The monoisotopic (exact) mass is 423 g/mol. The van der Waals surface area contributed by atoms with Crippen molar-refractivity contribution in [3.05, 3.63) is 95.1 Å². The van der Waals surface area contributed by atoms with Crippen LogP contribution in [0.3, 0.4) is 0 Å². The predicted octanol–water partition coefficient (Wildman–Crippen LogP) is 4.65. The zero-order valence-electron chi connectivity index (χ0n) is 17.9. The molecule has 3 aromatic carbocycles. The lowest BCUT2D eigenvalue weighted by molar-refractivity contribution is -0.119. The van der Waals surface area contributed by atoms with E-state index in [0.717, 1.165) is 35.2 Å². The molecule has 4 rings (SSSR count). The average Bonchev–Trinajstić information content (AvgIpc) is 2.83. The fourth-order valence-electron chi connectivity index (χ4n) is 4.11. The molecule has 160 valence electrons. The number of carbonyl (C=O) groups excluding carboxylic acids is 2. The molecule has 0 atom stereocenters. The van der Waals surface area contributed by atoms with Crippen LogP contribution in [0.15, 0.2) is 72.8 Å². The number of fused-ring (bicyclic) bond motifs is 1. The Morgan fingerprint density at radius 1 is 0.938 bits per heavy atom. The van der Waals surface area contributed by atoms with Crippen molar-refractivity contribution in [1.82, 2.24) is 0 Å². The normalized spacial score (nSPS) is 12.5. The number of para-hydroxylation sites is 1. The SMILES string of the molecule is N#Cc1ccc(CCC(=O)N2CCCc3cccc(NC(=O)Cc4ccccc4)c32)cc1. The number of carbonyl (C=O) groups is 2. The predicted molar refractivity (Wildman–Crippen MR) is 125 cm³/mol. The van der Waals surface area contributed by atoms with Crippen LogP contribution in [0.4, 0.5) is 11.4 Å². The summed E-state index contributed by atoms with van der Waals surface area (Å²) in [6.45, 7) is 0.644. The number of amides is 2. The first-order valence-electron chi connectivity index (χ1n) is 10.9. The van der Waals surface area contributed by atoms with Crippen LogP contribution < -0.4 is 10.2 Å². The number of hydrogen-bond donors (Lipinski definition) is 1. The van der Waals surface area contributed by atoms with Crippen LogP contribution in [-0.4, -0.2) is 18.4 Å². The van der Waals surface area contributed by atoms with E-state index >= 15 is 0 Å². The van der Waals surface area contributed by atoms with Crippen LogP contribution in [0.1, 0.15) is 35.1 Å². The average molecular weight is 424 g/mol. The summed E-state index contributed by atoms with van der Waals surface area (Å²) in [5, 5.41) is 12.0. The molecular formula is C27H25N3O2. The van der Waals surface area contributed by atoms with Gasteiger partial charge in [-0.05, 0) is 54.2 Å². The summed E-state index contributed by atoms with van der Waals surface area (Å²) in [4.78, 5) is 27.6. The third-order valence-electron chi connectivity index (χ3n) is 5.71. The first-order chi connectivity index (χ1) is 15.6. The van der Waals surface area contributed by atoms with Crippen LogP contribution in [-0.2, 0) is 28.9 Å². The first-order valence-corrected chi connectivity index (χ1v) is 10.9. The summed E-state index contributed by atoms with van der Waals surface area (Å²) in [7, 11) is 0. The first kappa shape index (κ1) is 21.3. The minimum atomic E-state index is -0.0971. The van der Waals surface area contributed by atoms with E-state index in [1.807, 2.05) is 65.6 Å². The molecule has 0 unspecified atom stereocenters. The van der Waals surface area contributed by atoms with Crippen LogP contribution in [0, 0.1) is 11.3 Å². The van der Waals surface area contributed by atoms with E-state index in [0.29, 0.717) is 30.6 Å². The molecule has 1 aliphatic heterocycles. The van der Waals surface area contributed by atoms with E-state index in [4.69, 9.17) is 5.26 Å². The number of nitrogens with one attached hydrogen (secondary N) is 1. The third-order valence-corrected chi connectivity index (χ3v) is 5.71. The summed E-state index contributed by atoms with van der Waals surface area (Å²) in [5.74, 6) is -0.0553. The number of hydrogen-bond acceptors (Lipinski definition) is 3. The van der Waals surface area contributed by atoms with Crippen molar-refractivity contribution in [3.8, 4) is 6.07 Å². The van der Waals surface area contributed by atoms with E-state index in [2.05, 4.69) is 11.4 Å². The molecule has 0 saturated carbocycles. The molecular weight excluding hydrogens is 398 g/mol. The number of nitrogens with zero attached hydrogens (tertiary/aromatic N) is 2. The number of rotatable bonds is 6. The van der Waals surface area contributed by atoms with Gasteiger partial charge in [-0.15, -0.1) is 0 Å². The van der Waals surface area contributed by atoms with Crippen molar-refractivity contribution in [1.29, 1.82) is 5.26 Å². The van der Waals surface area contributed by atoms with Gasteiger partial charge in [0, 0.05) is 13.0 Å². The van der Waals surface area contributed by atoms with Gasteiger partial charge in [0.1, 0.15) is 0 Å². The maximum atomic E-state index is 13.1. The molecule has 5 nitrogen and oxygen atoms in total. The zero-order chi connectivity index (χ0) is 22.3. The maximum Gasteiger partial charge on any atom is 0.228 e. The lowest BCUT2D eigenvalue weighted by Gasteiger charge is -2.31. The van der Waals surface area contributed by atoms with Gasteiger partial charge in [-0.25, -0.2) is 0 Å². The molecule has 0 aromatic heterocycles. The van der Waals surface area contributed by atoms with Crippen molar-refractivity contribution in [2.24, 2.45) is 0 Å². The molecule has 1 heterocycles. The second-order valence-corrected chi connectivity index (χ2v) is 7.98. The quantitative estimate of drug-likeness (QED) is 0.627. The van der Waals surface area contributed by atoms with Crippen LogP contribution >= 0.6 is 0 Å². The highest BCUT2D eigenvalue weighted by Gasteiger charge is 2.25. The molecule has 0 radical (unpaired) electrons. The molecule has 32 heavy (non-hydrogen) atoms. The number of aryl methyl sites for hydroxylation is 2. The molecule has 0 fully saturated rings. The second-order valence-electron chi connectivity index (χ2n) is 7.98. The molecule has 1 N–H and O–H groups in total. The van der Waals surface area contributed by atoms with Crippen LogP contribution in [0.5, 0.6) is 0 Å². The summed E-state index contributed by atoms with van der Waals surface area (Å²) in [5.41, 5.74) is 5.19. The Balaban J connectivity index is 1.48. The third kappa shape index (κ3) is 5.04. The fourth-order valence-corrected chi connectivity index (χ4v) is 4.11. The Morgan fingerprint density at radius 2 is 1.72 bits per heavy atom. The maximum absolute atomic E-state index is 13.1. The van der Waals surface area contributed by atoms with Gasteiger partial charge in [-0.1, -0.05) is 54.6 Å². The van der Waals surface area contributed by atoms with Gasteiger partial charge >= 0.3 is 0 Å². The smallest absolute Gasteiger partial charge is 0.228 e. The lowest BCUT2D eigenvalue weighted by atomic mass is 9.99. The van der Waals surface area contributed by atoms with E-state index < -0.39 is 0 Å². The molecule has 2 amide bonds. The van der Waals surface area contributed by atoms with E-state index in [1.165, 1.54) is 0 Å². The fraction of sp³-hybridized carbons (Fsp3) is 0.222. The van der Waals surface area contributed by atoms with Gasteiger partial charge in [0.25, 0.3) is 0 Å². The Bertz CT molecular complexity index is 1150. The highest BCUT2D eigenvalue weighted by molar-refractivity contribution is 6.02. The van der Waals surface area contributed by atoms with Gasteiger partial charge in [-0.2, -0.15) is 5.26 Å². The minimum Gasteiger partial charge on any atom is -0.324 e. The lowest BCUT2D eigenvalue weighted by Crippen LogP contribution is -2.36. The minimum absolute atomic E-state index is 0.0417. The second kappa shape index (κ2) is 9.93. The van der Waals surface area contributed by atoms with Crippen LogP contribution in [0.25, 0.3) is 0 Å². The summed E-state index contributed by atoms with van der Waals surface area (Å²) in [6, 6.07) is 24.9.